The number of aromatic amines is 1. The Hall–Kier alpha value is -2.33. The molecule has 0 amide bonds. The van der Waals surface area contributed by atoms with Gasteiger partial charge >= 0.3 is 0 Å². The number of hydrogen-bond acceptors (Lipinski definition) is 4. The van der Waals surface area contributed by atoms with E-state index in [0.717, 1.165) is 36.0 Å². The fourth-order valence-electron chi connectivity index (χ4n) is 3.05. The molecule has 3 heterocycles. The van der Waals surface area contributed by atoms with E-state index in [1.165, 1.54) is 16.5 Å². The topological polar surface area (TPSA) is 78.2 Å². The van der Waals surface area contributed by atoms with Crippen LogP contribution in [-0.2, 0) is 13.0 Å². The summed E-state index contributed by atoms with van der Waals surface area (Å²) < 4.78 is 5.56. The largest absolute Gasteiger partial charge is 0.443 e. The number of H-pyrrole nitrogens is 1. The predicted molar refractivity (Wildman–Crippen MR) is 130 cm³/mol. The number of hydrogen-bond donors (Lipinski definition) is 3. The summed E-state index contributed by atoms with van der Waals surface area (Å²) in [4.78, 5) is 13.5. The summed E-state index contributed by atoms with van der Waals surface area (Å²) in [5, 5.41) is 9.96. The lowest BCUT2D eigenvalue weighted by Crippen LogP contribution is -2.38. The molecule has 0 atom stereocenters. The second-order valence-corrected chi connectivity index (χ2v) is 7.30. The summed E-state index contributed by atoms with van der Waals surface area (Å²) in [5.74, 6) is 1.43. The first-order valence-corrected chi connectivity index (χ1v) is 10.3. The normalized spacial score (nSPS) is 11.4. The highest BCUT2D eigenvalue weighted by atomic mass is 127. The maximum Gasteiger partial charge on any atom is 0.236 e. The molecule has 0 unspecified atom stereocenters. The van der Waals surface area contributed by atoms with Gasteiger partial charge in [0, 0.05) is 30.2 Å². The zero-order chi connectivity index (χ0) is 19.2. The maximum absolute atomic E-state index is 5.56. The van der Waals surface area contributed by atoms with Gasteiger partial charge in [-0.2, -0.15) is 0 Å². The van der Waals surface area contributed by atoms with Gasteiger partial charge in [-0.3, -0.25) is 0 Å². The van der Waals surface area contributed by atoms with Crippen molar-refractivity contribution in [2.75, 3.05) is 13.1 Å². The van der Waals surface area contributed by atoms with E-state index in [0.29, 0.717) is 12.4 Å². The molecule has 0 aliphatic rings. The first-order chi connectivity index (χ1) is 13.8. The Balaban J connectivity index is 0.00000240. The minimum absolute atomic E-state index is 0. The van der Waals surface area contributed by atoms with Gasteiger partial charge in [-0.1, -0.05) is 24.3 Å². The molecule has 0 radical (unpaired) electrons. The van der Waals surface area contributed by atoms with Crippen molar-refractivity contribution in [1.29, 1.82) is 0 Å². The fraction of sp³-hybridized carbons (Fsp3) is 0.238. The molecule has 0 saturated heterocycles. The highest BCUT2D eigenvalue weighted by Crippen LogP contribution is 2.23. The van der Waals surface area contributed by atoms with Gasteiger partial charge in [-0.25, -0.2) is 9.98 Å². The number of nitrogens with one attached hydrogen (secondary N) is 3. The first kappa shape index (κ1) is 21.4. The average Bonchev–Trinajstić information content (AvgIpc) is 3.46. The predicted octanol–water partition coefficient (Wildman–Crippen LogP) is 4.80. The van der Waals surface area contributed by atoms with Gasteiger partial charge in [0.15, 0.2) is 5.96 Å². The van der Waals surface area contributed by atoms with Crippen molar-refractivity contribution in [2.24, 2.45) is 4.99 Å². The second kappa shape index (κ2) is 10.4. The molecule has 1 aromatic carbocycles. The van der Waals surface area contributed by atoms with Crippen molar-refractivity contribution in [1.82, 2.24) is 20.6 Å². The fourth-order valence-corrected chi connectivity index (χ4v) is 3.70. The molecule has 4 aromatic rings. The van der Waals surface area contributed by atoms with Gasteiger partial charge in [0.25, 0.3) is 0 Å². The van der Waals surface area contributed by atoms with Gasteiger partial charge in [-0.15, -0.1) is 35.3 Å². The standard InChI is InChI=1S/C21H23N5OS.HI/c1-2-22-21(23-10-9-15-12-24-18-7-4-3-6-17(15)18)25-13-16-14-27-20(26-16)19-8-5-11-28-19;/h3-8,11-12,14,24H,2,9-10,13H2,1H3,(H2,22,23,25);1H. The maximum atomic E-state index is 5.56. The van der Waals surface area contributed by atoms with Crippen molar-refractivity contribution in [3.05, 3.63) is 65.5 Å². The molecule has 29 heavy (non-hydrogen) atoms. The van der Waals surface area contributed by atoms with Gasteiger partial charge in [0.05, 0.1) is 11.4 Å². The van der Waals surface area contributed by atoms with Crippen LogP contribution in [0.15, 0.2) is 63.6 Å². The van der Waals surface area contributed by atoms with E-state index in [1.807, 2.05) is 23.6 Å². The molecule has 0 fully saturated rings. The quantitative estimate of drug-likeness (QED) is 0.186. The molecule has 0 aliphatic carbocycles. The van der Waals surface area contributed by atoms with E-state index in [1.54, 1.807) is 17.6 Å². The Bertz CT molecular complexity index is 1050. The van der Waals surface area contributed by atoms with E-state index in [-0.39, 0.29) is 24.0 Å². The van der Waals surface area contributed by atoms with Crippen LogP contribution < -0.4 is 10.6 Å². The highest BCUT2D eigenvalue weighted by Gasteiger charge is 2.08. The lowest BCUT2D eigenvalue weighted by molar-refractivity contribution is 0.574. The molecule has 3 aromatic heterocycles. The molecule has 8 heteroatoms. The van der Waals surface area contributed by atoms with Crippen LogP contribution in [0.4, 0.5) is 0 Å². The molecule has 0 aliphatic heterocycles. The van der Waals surface area contributed by atoms with Crippen molar-refractivity contribution in [3.8, 4) is 10.8 Å². The number of fused-ring (bicyclic) bond motifs is 1. The second-order valence-electron chi connectivity index (χ2n) is 6.35. The van der Waals surface area contributed by atoms with Crippen LogP contribution in [0.3, 0.4) is 0 Å². The zero-order valence-corrected chi connectivity index (χ0v) is 19.3. The Morgan fingerprint density at radius 2 is 2.10 bits per heavy atom. The lowest BCUT2D eigenvalue weighted by atomic mass is 10.1. The van der Waals surface area contributed by atoms with Gasteiger partial charge in [0.1, 0.15) is 12.0 Å². The number of halogens is 1. The SMILES string of the molecule is CCNC(=NCc1coc(-c2cccs2)n1)NCCc1c[nH]c2ccccc12.I. The van der Waals surface area contributed by atoms with Crippen LogP contribution >= 0.6 is 35.3 Å². The molecular weight excluding hydrogens is 497 g/mol. The van der Waals surface area contributed by atoms with Crippen LogP contribution in [0.2, 0.25) is 0 Å². The van der Waals surface area contributed by atoms with Gasteiger partial charge in [0.2, 0.25) is 5.89 Å². The minimum atomic E-state index is 0. The Morgan fingerprint density at radius 1 is 1.21 bits per heavy atom. The first-order valence-electron chi connectivity index (χ1n) is 9.39. The summed E-state index contributed by atoms with van der Waals surface area (Å²) in [5.41, 5.74) is 3.29. The van der Waals surface area contributed by atoms with Crippen molar-refractivity contribution >= 4 is 52.2 Å². The molecular formula is C21H24IN5OS. The monoisotopic (exact) mass is 521 g/mol. The van der Waals surface area contributed by atoms with E-state index in [9.17, 15) is 0 Å². The number of guanidine groups is 1. The summed E-state index contributed by atoms with van der Waals surface area (Å²) in [6, 6.07) is 12.4. The lowest BCUT2D eigenvalue weighted by Gasteiger charge is -2.10. The number of nitrogens with zero attached hydrogens (tertiary/aromatic N) is 2. The third kappa shape index (κ3) is 5.39. The average molecular weight is 521 g/mol. The van der Waals surface area contributed by atoms with E-state index in [4.69, 9.17) is 4.42 Å². The summed E-state index contributed by atoms with van der Waals surface area (Å²) in [6.45, 7) is 4.13. The van der Waals surface area contributed by atoms with Crippen LogP contribution in [-0.4, -0.2) is 29.0 Å². The highest BCUT2D eigenvalue weighted by molar-refractivity contribution is 14.0. The third-order valence-electron chi connectivity index (χ3n) is 4.39. The Morgan fingerprint density at radius 3 is 2.93 bits per heavy atom. The number of thiophene rings is 1. The van der Waals surface area contributed by atoms with E-state index in [2.05, 4.69) is 56.9 Å². The van der Waals surface area contributed by atoms with E-state index < -0.39 is 0 Å². The van der Waals surface area contributed by atoms with Crippen LogP contribution in [0.5, 0.6) is 0 Å². The third-order valence-corrected chi connectivity index (χ3v) is 5.25. The molecule has 0 saturated carbocycles. The van der Waals surface area contributed by atoms with Crippen LogP contribution in [0.1, 0.15) is 18.2 Å². The number of rotatable bonds is 7. The van der Waals surface area contributed by atoms with Crippen molar-refractivity contribution in [2.45, 2.75) is 19.9 Å². The molecule has 3 N–H and O–H groups in total. The Labute approximate surface area is 190 Å². The summed E-state index contributed by atoms with van der Waals surface area (Å²) in [6.07, 6.45) is 4.67. The smallest absolute Gasteiger partial charge is 0.236 e. The summed E-state index contributed by atoms with van der Waals surface area (Å²) >= 11 is 1.61. The number of oxazole rings is 1. The van der Waals surface area contributed by atoms with Gasteiger partial charge in [-0.05, 0) is 36.4 Å². The molecule has 0 bridgehead atoms. The number of para-hydroxylation sites is 1. The van der Waals surface area contributed by atoms with Crippen molar-refractivity contribution < 1.29 is 4.42 Å². The number of aromatic nitrogens is 2. The van der Waals surface area contributed by atoms with Crippen LogP contribution in [0.25, 0.3) is 21.7 Å². The molecule has 6 nitrogen and oxygen atoms in total. The minimum Gasteiger partial charge on any atom is -0.443 e. The zero-order valence-electron chi connectivity index (χ0n) is 16.1. The Kier molecular flexibility index (Phi) is 7.70. The van der Waals surface area contributed by atoms with Crippen LogP contribution in [0, 0.1) is 0 Å². The molecule has 0 spiro atoms. The van der Waals surface area contributed by atoms with Gasteiger partial charge < -0.3 is 20.0 Å². The molecule has 4 rings (SSSR count). The van der Waals surface area contributed by atoms with E-state index >= 15 is 0 Å². The van der Waals surface area contributed by atoms with Crippen molar-refractivity contribution in [3.63, 3.8) is 0 Å². The number of aliphatic imine (C=N–C) groups is 1. The summed E-state index contributed by atoms with van der Waals surface area (Å²) in [7, 11) is 0. The molecule has 152 valence electrons. The number of benzene rings is 1.